The van der Waals surface area contributed by atoms with Crippen LogP contribution in [0.15, 0.2) is 47.4 Å². The fraction of sp³-hybridized carbons (Fsp3) is 0.333. The quantitative estimate of drug-likeness (QED) is 0.832. The third kappa shape index (κ3) is 4.07. The van der Waals surface area contributed by atoms with Crippen molar-refractivity contribution in [3.8, 4) is 11.5 Å². The van der Waals surface area contributed by atoms with Crippen molar-refractivity contribution in [3.63, 3.8) is 0 Å². The van der Waals surface area contributed by atoms with Gasteiger partial charge in [-0.3, -0.25) is 0 Å². The SMILES string of the molecule is CCC(NS(=O)(=O)c1cc(OC)ccc1OC)c1ccc(C)cc1. The van der Waals surface area contributed by atoms with E-state index in [0.29, 0.717) is 12.2 Å². The van der Waals surface area contributed by atoms with Gasteiger partial charge in [0.05, 0.1) is 14.2 Å². The Morgan fingerprint density at radius 2 is 1.71 bits per heavy atom. The Labute approximate surface area is 143 Å². The highest BCUT2D eigenvalue weighted by atomic mass is 32.2. The number of hydrogen-bond acceptors (Lipinski definition) is 4. The van der Waals surface area contributed by atoms with E-state index in [2.05, 4.69) is 4.72 Å². The molecule has 0 saturated heterocycles. The maximum Gasteiger partial charge on any atom is 0.244 e. The van der Waals surface area contributed by atoms with Crippen molar-refractivity contribution in [1.29, 1.82) is 0 Å². The van der Waals surface area contributed by atoms with Crippen molar-refractivity contribution in [1.82, 2.24) is 4.72 Å². The summed E-state index contributed by atoms with van der Waals surface area (Å²) in [6.07, 6.45) is 0.634. The molecule has 2 aromatic carbocycles. The van der Waals surface area contributed by atoms with Crippen LogP contribution in [0.5, 0.6) is 11.5 Å². The predicted molar refractivity (Wildman–Crippen MR) is 94.1 cm³/mol. The average Bonchev–Trinajstić information content (AvgIpc) is 2.60. The van der Waals surface area contributed by atoms with E-state index in [1.54, 1.807) is 12.1 Å². The van der Waals surface area contributed by atoms with Gasteiger partial charge >= 0.3 is 0 Å². The molecule has 0 bridgehead atoms. The standard InChI is InChI=1S/C18H23NO4S/c1-5-16(14-8-6-13(2)7-9-14)19-24(20,21)18-12-15(22-3)10-11-17(18)23-4/h6-12,16,19H,5H2,1-4H3. The molecule has 0 aliphatic carbocycles. The number of aryl methyl sites for hydroxylation is 1. The first-order chi connectivity index (χ1) is 11.4. The van der Waals surface area contributed by atoms with Crippen LogP contribution in [0.3, 0.4) is 0 Å². The number of hydrogen-bond donors (Lipinski definition) is 1. The Morgan fingerprint density at radius 1 is 1.04 bits per heavy atom. The lowest BCUT2D eigenvalue weighted by atomic mass is 10.0. The Balaban J connectivity index is 2.37. The molecule has 0 aliphatic heterocycles. The molecule has 0 amide bonds. The summed E-state index contributed by atoms with van der Waals surface area (Å²) in [4.78, 5) is 0.0647. The monoisotopic (exact) mass is 349 g/mol. The summed E-state index contributed by atoms with van der Waals surface area (Å²) >= 11 is 0. The van der Waals surface area contributed by atoms with Gasteiger partial charge < -0.3 is 9.47 Å². The lowest BCUT2D eigenvalue weighted by molar-refractivity contribution is 0.391. The fourth-order valence-corrected chi connectivity index (χ4v) is 3.92. The van der Waals surface area contributed by atoms with Gasteiger partial charge in [-0.15, -0.1) is 0 Å². The van der Waals surface area contributed by atoms with E-state index >= 15 is 0 Å². The van der Waals surface area contributed by atoms with Crippen LogP contribution in [0.1, 0.15) is 30.5 Å². The first kappa shape index (κ1) is 18.3. The number of rotatable bonds is 7. The normalized spacial score (nSPS) is 12.7. The van der Waals surface area contributed by atoms with Gasteiger partial charge in [-0.2, -0.15) is 0 Å². The summed E-state index contributed by atoms with van der Waals surface area (Å²) in [5.41, 5.74) is 2.06. The molecular weight excluding hydrogens is 326 g/mol. The van der Waals surface area contributed by atoms with Gasteiger partial charge in [0.25, 0.3) is 0 Å². The zero-order valence-electron chi connectivity index (χ0n) is 14.4. The van der Waals surface area contributed by atoms with E-state index in [4.69, 9.17) is 9.47 Å². The highest BCUT2D eigenvalue weighted by molar-refractivity contribution is 7.89. The van der Waals surface area contributed by atoms with Crippen molar-refractivity contribution in [3.05, 3.63) is 53.6 Å². The molecule has 1 atom stereocenters. The van der Waals surface area contributed by atoms with Crippen LogP contribution in [-0.4, -0.2) is 22.6 Å². The fourth-order valence-electron chi connectivity index (χ4n) is 2.43. The second kappa shape index (κ2) is 7.68. The summed E-state index contributed by atoms with van der Waals surface area (Å²) in [5, 5.41) is 0. The van der Waals surface area contributed by atoms with Crippen LogP contribution in [0.2, 0.25) is 0 Å². The Bertz CT molecular complexity index is 785. The summed E-state index contributed by atoms with van der Waals surface area (Å²) in [7, 11) is -0.825. The molecule has 130 valence electrons. The second-order valence-electron chi connectivity index (χ2n) is 5.51. The number of sulfonamides is 1. The molecule has 5 nitrogen and oxygen atoms in total. The molecule has 24 heavy (non-hydrogen) atoms. The highest BCUT2D eigenvalue weighted by Crippen LogP contribution is 2.30. The van der Waals surface area contributed by atoms with Crippen LogP contribution in [-0.2, 0) is 10.0 Å². The molecule has 2 aromatic rings. The van der Waals surface area contributed by atoms with Crippen LogP contribution in [0, 0.1) is 6.92 Å². The van der Waals surface area contributed by atoms with Gasteiger partial charge in [-0.1, -0.05) is 36.8 Å². The molecule has 1 unspecified atom stereocenters. The lowest BCUT2D eigenvalue weighted by Gasteiger charge is -2.19. The highest BCUT2D eigenvalue weighted by Gasteiger charge is 2.24. The topological polar surface area (TPSA) is 64.6 Å². The molecule has 0 spiro atoms. The largest absolute Gasteiger partial charge is 0.497 e. The number of ether oxygens (including phenoxy) is 2. The Kier molecular flexibility index (Phi) is 5.85. The van der Waals surface area contributed by atoms with Gasteiger partial charge in [0.2, 0.25) is 10.0 Å². The lowest BCUT2D eigenvalue weighted by Crippen LogP contribution is -2.28. The molecular formula is C18H23NO4S. The maximum absolute atomic E-state index is 12.8. The van der Waals surface area contributed by atoms with Crippen LogP contribution < -0.4 is 14.2 Å². The molecule has 0 fully saturated rings. The van der Waals surface area contributed by atoms with Gasteiger partial charge in [-0.05, 0) is 31.0 Å². The molecule has 0 saturated carbocycles. The first-order valence-corrected chi connectivity index (χ1v) is 9.20. The predicted octanol–water partition coefficient (Wildman–Crippen LogP) is 3.44. The van der Waals surface area contributed by atoms with Crippen LogP contribution in [0.4, 0.5) is 0 Å². The van der Waals surface area contributed by atoms with Gasteiger partial charge in [0.1, 0.15) is 16.4 Å². The second-order valence-corrected chi connectivity index (χ2v) is 7.19. The third-order valence-corrected chi connectivity index (χ3v) is 5.34. The average molecular weight is 349 g/mol. The Morgan fingerprint density at radius 3 is 2.25 bits per heavy atom. The molecule has 0 radical (unpaired) electrons. The smallest absolute Gasteiger partial charge is 0.244 e. The van der Waals surface area contributed by atoms with Crippen molar-refractivity contribution >= 4 is 10.0 Å². The van der Waals surface area contributed by atoms with E-state index in [-0.39, 0.29) is 16.7 Å². The first-order valence-electron chi connectivity index (χ1n) is 7.72. The minimum atomic E-state index is -3.76. The Hall–Kier alpha value is -2.05. The third-order valence-electron chi connectivity index (χ3n) is 3.85. The zero-order chi connectivity index (χ0) is 17.7. The summed E-state index contributed by atoms with van der Waals surface area (Å²) in [6.45, 7) is 3.94. The van der Waals surface area contributed by atoms with E-state index in [9.17, 15) is 8.42 Å². The number of methoxy groups -OCH3 is 2. The number of benzene rings is 2. The van der Waals surface area contributed by atoms with Crippen molar-refractivity contribution in [2.24, 2.45) is 0 Å². The molecule has 6 heteroatoms. The van der Waals surface area contributed by atoms with E-state index in [1.165, 1.54) is 20.3 Å². The molecule has 0 aliphatic rings. The van der Waals surface area contributed by atoms with Crippen LogP contribution in [0.25, 0.3) is 0 Å². The van der Waals surface area contributed by atoms with Crippen molar-refractivity contribution in [2.75, 3.05) is 14.2 Å². The van der Waals surface area contributed by atoms with Crippen molar-refractivity contribution < 1.29 is 17.9 Å². The van der Waals surface area contributed by atoms with Crippen molar-refractivity contribution in [2.45, 2.75) is 31.2 Å². The zero-order valence-corrected chi connectivity index (χ0v) is 15.2. The minimum absolute atomic E-state index is 0.0647. The van der Waals surface area contributed by atoms with Crippen LogP contribution >= 0.6 is 0 Å². The maximum atomic E-state index is 12.8. The van der Waals surface area contributed by atoms with E-state index < -0.39 is 10.0 Å². The van der Waals surface area contributed by atoms with Gasteiger partial charge in [0, 0.05) is 12.1 Å². The summed E-state index contributed by atoms with van der Waals surface area (Å²) in [5.74, 6) is 0.738. The van der Waals surface area contributed by atoms with Gasteiger partial charge in [-0.25, -0.2) is 13.1 Å². The molecule has 1 N–H and O–H groups in total. The molecule has 0 aromatic heterocycles. The van der Waals surface area contributed by atoms with E-state index in [0.717, 1.165) is 11.1 Å². The summed E-state index contributed by atoms with van der Waals surface area (Å²) in [6, 6.07) is 12.2. The minimum Gasteiger partial charge on any atom is -0.497 e. The summed E-state index contributed by atoms with van der Waals surface area (Å²) < 4.78 is 38.8. The van der Waals surface area contributed by atoms with E-state index in [1.807, 2.05) is 38.1 Å². The molecule has 0 heterocycles. The number of nitrogens with one attached hydrogen (secondary N) is 1. The van der Waals surface area contributed by atoms with Gasteiger partial charge in [0.15, 0.2) is 0 Å². The molecule has 2 rings (SSSR count).